The maximum absolute atomic E-state index is 11.7. The summed E-state index contributed by atoms with van der Waals surface area (Å²) >= 11 is 0. The summed E-state index contributed by atoms with van der Waals surface area (Å²) < 4.78 is 5.30. The average molecular weight is 242 g/mol. The number of aliphatic carboxylic acids is 1. The number of nitrogens with one attached hydrogen (secondary N) is 1. The van der Waals surface area contributed by atoms with Crippen molar-refractivity contribution in [2.45, 2.75) is 24.9 Å². The number of likely N-dealkylation sites (N-methyl/N-ethyl adjacent to an activating group) is 1. The molecule has 0 radical (unpaired) electrons. The molecule has 6 heteroatoms. The second-order valence-electron chi connectivity index (χ2n) is 4.53. The third kappa shape index (κ3) is 2.28. The van der Waals surface area contributed by atoms with Crippen molar-refractivity contribution in [3.8, 4) is 0 Å². The molecule has 2 fully saturated rings. The van der Waals surface area contributed by atoms with E-state index in [1.165, 1.54) is 0 Å². The molecule has 1 saturated heterocycles. The predicted octanol–water partition coefficient (Wildman–Crippen LogP) is -0.704. The van der Waals surface area contributed by atoms with Crippen LogP contribution in [0.2, 0.25) is 0 Å². The lowest BCUT2D eigenvalue weighted by atomic mass is 9.77. The second-order valence-corrected chi connectivity index (χ2v) is 4.53. The van der Waals surface area contributed by atoms with E-state index in [-0.39, 0.29) is 23.9 Å². The zero-order valence-corrected chi connectivity index (χ0v) is 9.89. The van der Waals surface area contributed by atoms with Crippen molar-refractivity contribution in [2.75, 3.05) is 26.8 Å². The van der Waals surface area contributed by atoms with E-state index in [0.717, 1.165) is 6.42 Å². The third-order valence-electron chi connectivity index (χ3n) is 3.70. The lowest BCUT2D eigenvalue weighted by Crippen LogP contribution is -2.61. The number of morpholine rings is 1. The molecule has 3 unspecified atom stereocenters. The Morgan fingerprint density at radius 3 is 2.71 bits per heavy atom. The molecule has 1 amide bonds. The SMILES string of the molecule is CNC(=O)C1COCCN1C1CCC1C(=O)O. The van der Waals surface area contributed by atoms with Crippen LogP contribution in [0.4, 0.5) is 0 Å². The Labute approximate surface area is 99.9 Å². The fourth-order valence-electron chi connectivity index (χ4n) is 2.57. The van der Waals surface area contributed by atoms with Gasteiger partial charge in [-0.15, -0.1) is 0 Å². The van der Waals surface area contributed by atoms with E-state index in [1.807, 2.05) is 4.90 Å². The first-order valence-electron chi connectivity index (χ1n) is 5.93. The number of hydrogen-bond acceptors (Lipinski definition) is 4. The highest BCUT2D eigenvalue weighted by Crippen LogP contribution is 2.34. The minimum Gasteiger partial charge on any atom is -0.481 e. The molecule has 0 bridgehead atoms. The van der Waals surface area contributed by atoms with Crippen molar-refractivity contribution in [3.05, 3.63) is 0 Å². The van der Waals surface area contributed by atoms with E-state index in [9.17, 15) is 9.59 Å². The molecule has 17 heavy (non-hydrogen) atoms. The van der Waals surface area contributed by atoms with Crippen LogP contribution in [-0.2, 0) is 14.3 Å². The Morgan fingerprint density at radius 1 is 1.41 bits per heavy atom. The number of rotatable bonds is 3. The van der Waals surface area contributed by atoms with E-state index in [0.29, 0.717) is 26.2 Å². The van der Waals surface area contributed by atoms with E-state index < -0.39 is 5.97 Å². The van der Waals surface area contributed by atoms with Crippen LogP contribution in [0.5, 0.6) is 0 Å². The monoisotopic (exact) mass is 242 g/mol. The molecule has 0 aromatic rings. The molecular formula is C11H18N2O4. The molecule has 1 aliphatic carbocycles. The summed E-state index contributed by atoms with van der Waals surface area (Å²) in [5, 5.41) is 11.7. The minimum atomic E-state index is -0.761. The summed E-state index contributed by atoms with van der Waals surface area (Å²) in [6, 6.07) is -0.361. The van der Waals surface area contributed by atoms with Crippen LogP contribution in [0.3, 0.4) is 0 Å². The zero-order chi connectivity index (χ0) is 12.4. The molecule has 96 valence electrons. The van der Waals surface area contributed by atoms with Gasteiger partial charge in [-0.3, -0.25) is 14.5 Å². The lowest BCUT2D eigenvalue weighted by molar-refractivity contribution is -0.156. The van der Waals surface area contributed by atoms with Gasteiger partial charge in [0, 0.05) is 19.6 Å². The molecule has 1 aliphatic heterocycles. The molecule has 6 nitrogen and oxygen atoms in total. The molecule has 3 atom stereocenters. The largest absolute Gasteiger partial charge is 0.481 e. The molecule has 0 spiro atoms. The van der Waals surface area contributed by atoms with Crippen molar-refractivity contribution in [1.29, 1.82) is 0 Å². The van der Waals surface area contributed by atoms with Crippen LogP contribution < -0.4 is 5.32 Å². The first-order valence-corrected chi connectivity index (χ1v) is 5.93. The first-order chi connectivity index (χ1) is 8.15. The minimum absolute atomic E-state index is 0.0151. The van der Waals surface area contributed by atoms with Crippen molar-refractivity contribution in [2.24, 2.45) is 5.92 Å². The Hall–Kier alpha value is -1.14. The van der Waals surface area contributed by atoms with E-state index in [4.69, 9.17) is 9.84 Å². The molecule has 0 aromatic carbocycles. The fourth-order valence-corrected chi connectivity index (χ4v) is 2.57. The number of ether oxygens (including phenoxy) is 1. The van der Waals surface area contributed by atoms with Crippen LogP contribution in [0, 0.1) is 5.92 Å². The van der Waals surface area contributed by atoms with Gasteiger partial charge < -0.3 is 15.2 Å². The zero-order valence-electron chi connectivity index (χ0n) is 9.89. The van der Waals surface area contributed by atoms with Gasteiger partial charge in [-0.05, 0) is 12.8 Å². The number of carbonyl (C=O) groups is 2. The molecule has 2 N–H and O–H groups in total. The van der Waals surface area contributed by atoms with Gasteiger partial charge >= 0.3 is 5.97 Å². The topological polar surface area (TPSA) is 78.9 Å². The highest BCUT2D eigenvalue weighted by molar-refractivity contribution is 5.82. The van der Waals surface area contributed by atoms with Gasteiger partial charge in [-0.25, -0.2) is 0 Å². The number of carbonyl (C=O) groups excluding carboxylic acids is 1. The Balaban J connectivity index is 2.06. The van der Waals surface area contributed by atoms with E-state index >= 15 is 0 Å². The highest BCUT2D eigenvalue weighted by atomic mass is 16.5. The third-order valence-corrected chi connectivity index (χ3v) is 3.70. The fraction of sp³-hybridized carbons (Fsp3) is 0.818. The van der Waals surface area contributed by atoms with Crippen molar-refractivity contribution in [3.63, 3.8) is 0 Å². The van der Waals surface area contributed by atoms with Crippen LogP contribution in [0.15, 0.2) is 0 Å². The second kappa shape index (κ2) is 5.01. The Kier molecular flexibility index (Phi) is 3.63. The highest BCUT2D eigenvalue weighted by Gasteiger charge is 2.45. The molecule has 1 heterocycles. The molecule has 2 aliphatic rings. The number of hydrogen-bond donors (Lipinski definition) is 2. The standard InChI is InChI=1S/C11H18N2O4/c1-12-10(14)9-6-17-5-4-13(9)8-3-2-7(8)11(15)16/h7-9H,2-6H2,1H3,(H,12,14)(H,15,16). The summed E-state index contributed by atoms with van der Waals surface area (Å²) in [6.07, 6.45) is 1.56. The van der Waals surface area contributed by atoms with Gasteiger partial charge in [-0.1, -0.05) is 0 Å². The summed E-state index contributed by atoms with van der Waals surface area (Å²) in [5.74, 6) is -1.19. The van der Waals surface area contributed by atoms with Crippen LogP contribution >= 0.6 is 0 Å². The lowest BCUT2D eigenvalue weighted by Gasteiger charge is -2.47. The van der Waals surface area contributed by atoms with Gasteiger partial charge in [0.15, 0.2) is 0 Å². The quantitative estimate of drug-likeness (QED) is 0.684. The van der Waals surface area contributed by atoms with Gasteiger partial charge in [0.05, 0.1) is 19.1 Å². The summed E-state index contributed by atoms with van der Waals surface area (Å²) in [4.78, 5) is 24.7. The van der Waals surface area contributed by atoms with Crippen LogP contribution in [-0.4, -0.2) is 60.8 Å². The summed E-state index contributed by atoms with van der Waals surface area (Å²) in [7, 11) is 1.59. The van der Waals surface area contributed by atoms with E-state index in [2.05, 4.69) is 5.32 Å². The van der Waals surface area contributed by atoms with Gasteiger partial charge in [0.2, 0.25) is 5.91 Å². The molecular weight excluding hydrogens is 224 g/mol. The number of amides is 1. The van der Waals surface area contributed by atoms with Crippen molar-refractivity contribution in [1.82, 2.24) is 10.2 Å². The number of carboxylic acids is 1. The maximum atomic E-state index is 11.7. The van der Waals surface area contributed by atoms with Crippen LogP contribution in [0.25, 0.3) is 0 Å². The van der Waals surface area contributed by atoms with Crippen molar-refractivity contribution >= 4 is 11.9 Å². The maximum Gasteiger partial charge on any atom is 0.308 e. The van der Waals surface area contributed by atoms with E-state index in [1.54, 1.807) is 7.05 Å². The summed E-state index contributed by atoms with van der Waals surface area (Å²) in [6.45, 7) is 1.55. The van der Waals surface area contributed by atoms with Gasteiger partial charge in [0.25, 0.3) is 0 Å². The molecule has 2 rings (SSSR count). The van der Waals surface area contributed by atoms with Gasteiger partial charge in [-0.2, -0.15) is 0 Å². The summed E-state index contributed by atoms with van der Waals surface area (Å²) in [5.41, 5.74) is 0. The normalized spacial score (nSPS) is 33.8. The molecule has 0 aromatic heterocycles. The first kappa shape index (κ1) is 12.3. The molecule has 1 saturated carbocycles. The van der Waals surface area contributed by atoms with Crippen LogP contribution in [0.1, 0.15) is 12.8 Å². The van der Waals surface area contributed by atoms with Crippen molar-refractivity contribution < 1.29 is 19.4 Å². The number of nitrogens with zero attached hydrogens (tertiary/aromatic N) is 1. The average Bonchev–Trinajstić information content (AvgIpc) is 2.26. The predicted molar refractivity (Wildman–Crippen MR) is 59.5 cm³/mol. The Morgan fingerprint density at radius 2 is 2.18 bits per heavy atom. The Bertz CT molecular complexity index is 321. The number of carboxylic acid groups (broad SMARTS) is 1. The van der Waals surface area contributed by atoms with Gasteiger partial charge in [0.1, 0.15) is 6.04 Å². The smallest absolute Gasteiger partial charge is 0.308 e.